The molecule has 150 valence electrons. The number of ether oxygens (including phenoxy) is 1. The second kappa shape index (κ2) is 8.63. The fourth-order valence-electron chi connectivity index (χ4n) is 3.16. The molecule has 3 rings (SSSR count). The molecule has 0 atom stereocenters. The number of amides is 1. The summed E-state index contributed by atoms with van der Waals surface area (Å²) in [7, 11) is -3.59. The van der Waals surface area contributed by atoms with Gasteiger partial charge in [0.1, 0.15) is 5.75 Å². The van der Waals surface area contributed by atoms with E-state index in [-0.39, 0.29) is 30.5 Å². The van der Waals surface area contributed by atoms with E-state index in [0.29, 0.717) is 23.3 Å². The Balaban J connectivity index is 1.57. The predicted molar refractivity (Wildman–Crippen MR) is 111 cm³/mol. The summed E-state index contributed by atoms with van der Waals surface area (Å²) in [5.74, 6) is 0.548. The van der Waals surface area contributed by atoms with Crippen LogP contribution >= 0.6 is 15.9 Å². The minimum Gasteiger partial charge on any atom is -0.484 e. The van der Waals surface area contributed by atoms with Gasteiger partial charge in [-0.25, -0.2) is 8.42 Å². The first kappa shape index (κ1) is 20.8. The molecule has 0 unspecified atom stereocenters. The zero-order valence-corrected chi connectivity index (χ0v) is 18.3. The highest BCUT2D eigenvalue weighted by molar-refractivity contribution is 9.10. The first-order valence-corrected chi connectivity index (χ1v) is 11.2. The molecule has 28 heavy (non-hydrogen) atoms. The number of carbonyl (C=O) groups is 1. The number of benzene rings is 2. The van der Waals surface area contributed by atoms with E-state index < -0.39 is 10.0 Å². The summed E-state index contributed by atoms with van der Waals surface area (Å²) < 4.78 is 33.3. The van der Waals surface area contributed by atoms with Crippen molar-refractivity contribution in [1.29, 1.82) is 0 Å². The first-order valence-electron chi connectivity index (χ1n) is 9.01. The number of hydrogen-bond acceptors (Lipinski definition) is 4. The van der Waals surface area contributed by atoms with Crippen molar-refractivity contribution in [2.24, 2.45) is 0 Å². The van der Waals surface area contributed by atoms with Gasteiger partial charge in [0.25, 0.3) is 5.91 Å². The smallest absolute Gasteiger partial charge is 0.260 e. The third-order valence-corrected chi connectivity index (χ3v) is 7.64. The van der Waals surface area contributed by atoms with Gasteiger partial charge in [0.05, 0.1) is 4.90 Å². The molecule has 0 saturated carbocycles. The number of hydrogen-bond donors (Lipinski definition) is 0. The lowest BCUT2D eigenvalue weighted by Crippen LogP contribution is -2.51. The van der Waals surface area contributed by atoms with Crippen molar-refractivity contribution >= 4 is 31.9 Å². The van der Waals surface area contributed by atoms with E-state index in [1.807, 2.05) is 32.0 Å². The molecule has 0 spiro atoms. The van der Waals surface area contributed by atoms with Crippen molar-refractivity contribution in [3.63, 3.8) is 0 Å². The molecule has 0 bridgehead atoms. The number of sulfonamides is 1. The summed E-state index contributed by atoms with van der Waals surface area (Å²) in [6, 6.07) is 12.6. The number of rotatable bonds is 5. The van der Waals surface area contributed by atoms with Crippen LogP contribution < -0.4 is 4.74 Å². The first-order chi connectivity index (χ1) is 13.3. The summed E-state index contributed by atoms with van der Waals surface area (Å²) >= 11 is 3.30. The van der Waals surface area contributed by atoms with E-state index >= 15 is 0 Å². The third-order valence-electron chi connectivity index (χ3n) is 4.73. The number of halogens is 1. The maximum absolute atomic E-state index is 12.8. The van der Waals surface area contributed by atoms with Crippen molar-refractivity contribution in [2.45, 2.75) is 18.7 Å². The normalized spacial score (nSPS) is 15.5. The quantitative estimate of drug-likeness (QED) is 0.679. The second-order valence-corrected chi connectivity index (χ2v) is 9.53. The fraction of sp³-hybridized carbons (Fsp3) is 0.350. The minimum atomic E-state index is -3.59. The molecule has 6 nitrogen and oxygen atoms in total. The minimum absolute atomic E-state index is 0.0547. The van der Waals surface area contributed by atoms with E-state index in [4.69, 9.17) is 4.74 Å². The third kappa shape index (κ3) is 4.56. The molecule has 1 aliphatic rings. The highest BCUT2D eigenvalue weighted by atomic mass is 79.9. The summed E-state index contributed by atoms with van der Waals surface area (Å²) in [5.41, 5.74) is 2.12. The molecular weight excluding hydrogens is 444 g/mol. The van der Waals surface area contributed by atoms with Gasteiger partial charge in [-0.2, -0.15) is 4.31 Å². The Bertz CT molecular complexity index is 970. The summed E-state index contributed by atoms with van der Waals surface area (Å²) in [4.78, 5) is 14.3. The Labute approximate surface area is 174 Å². The molecule has 1 amide bonds. The number of piperazine rings is 1. The van der Waals surface area contributed by atoms with Gasteiger partial charge in [0.2, 0.25) is 10.0 Å². The van der Waals surface area contributed by atoms with E-state index in [2.05, 4.69) is 15.9 Å². The van der Waals surface area contributed by atoms with Crippen LogP contribution in [0.4, 0.5) is 0 Å². The van der Waals surface area contributed by atoms with Gasteiger partial charge in [-0.1, -0.05) is 29.8 Å². The molecule has 1 heterocycles. The number of aryl methyl sites for hydroxylation is 2. The Hall–Kier alpha value is -1.90. The van der Waals surface area contributed by atoms with E-state index in [9.17, 15) is 13.2 Å². The summed E-state index contributed by atoms with van der Waals surface area (Å²) in [6.45, 7) is 5.11. The average Bonchev–Trinajstić information content (AvgIpc) is 2.67. The highest BCUT2D eigenvalue weighted by Crippen LogP contribution is 2.25. The topological polar surface area (TPSA) is 66.9 Å². The standard InChI is InChI=1S/C20H23BrN2O4S/c1-15-7-8-18(16(2)13-15)27-14-20(24)22-9-11-23(12-10-22)28(25,26)19-6-4-3-5-17(19)21/h3-8,13H,9-12,14H2,1-2H3. The predicted octanol–water partition coefficient (Wildman–Crippen LogP) is 2.98. The van der Waals surface area contributed by atoms with Crippen molar-refractivity contribution in [3.05, 3.63) is 58.1 Å². The lowest BCUT2D eigenvalue weighted by atomic mass is 10.1. The van der Waals surface area contributed by atoms with Crippen LogP contribution in [0.2, 0.25) is 0 Å². The van der Waals surface area contributed by atoms with Gasteiger partial charge >= 0.3 is 0 Å². The van der Waals surface area contributed by atoms with Gasteiger partial charge in [0, 0.05) is 30.7 Å². The van der Waals surface area contributed by atoms with Crippen LogP contribution in [-0.4, -0.2) is 56.3 Å². The van der Waals surface area contributed by atoms with Gasteiger partial charge in [0.15, 0.2) is 6.61 Å². The largest absolute Gasteiger partial charge is 0.484 e. The van der Waals surface area contributed by atoms with Crippen molar-refractivity contribution < 1.29 is 17.9 Å². The second-order valence-electron chi connectivity index (χ2n) is 6.77. The molecule has 0 aliphatic carbocycles. The van der Waals surface area contributed by atoms with Crippen LogP contribution in [-0.2, 0) is 14.8 Å². The Morgan fingerprint density at radius 2 is 1.75 bits per heavy atom. The van der Waals surface area contributed by atoms with Crippen LogP contribution in [0.15, 0.2) is 51.8 Å². The van der Waals surface area contributed by atoms with E-state index in [1.165, 1.54) is 4.31 Å². The molecular formula is C20H23BrN2O4S. The zero-order valence-electron chi connectivity index (χ0n) is 15.9. The Kier molecular flexibility index (Phi) is 6.42. The Morgan fingerprint density at radius 3 is 2.39 bits per heavy atom. The van der Waals surface area contributed by atoms with Crippen LogP contribution in [0, 0.1) is 13.8 Å². The number of nitrogens with zero attached hydrogens (tertiary/aromatic N) is 2. The summed E-state index contributed by atoms with van der Waals surface area (Å²) in [6.07, 6.45) is 0. The van der Waals surface area contributed by atoms with Crippen LogP contribution in [0.5, 0.6) is 5.75 Å². The zero-order chi connectivity index (χ0) is 20.3. The molecule has 0 radical (unpaired) electrons. The van der Waals surface area contributed by atoms with Gasteiger partial charge in [-0.15, -0.1) is 0 Å². The van der Waals surface area contributed by atoms with Gasteiger partial charge < -0.3 is 9.64 Å². The van der Waals surface area contributed by atoms with Crippen molar-refractivity contribution in [3.8, 4) is 5.75 Å². The van der Waals surface area contributed by atoms with Crippen molar-refractivity contribution in [1.82, 2.24) is 9.21 Å². The fourth-order valence-corrected chi connectivity index (χ4v) is 5.55. The van der Waals surface area contributed by atoms with Crippen LogP contribution in [0.25, 0.3) is 0 Å². The Morgan fingerprint density at radius 1 is 1.07 bits per heavy atom. The van der Waals surface area contributed by atoms with Gasteiger partial charge in [-0.3, -0.25) is 4.79 Å². The lowest BCUT2D eigenvalue weighted by Gasteiger charge is -2.34. The number of carbonyl (C=O) groups excluding carboxylic acids is 1. The molecule has 0 N–H and O–H groups in total. The van der Waals surface area contributed by atoms with Gasteiger partial charge in [-0.05, 0) is 53.5 Å². The van der Waals surface area contributed by atoms with Crippen LogP contribution in [0.3, 0.4) is 0 Å². The van der Waals surface area contributed by atoms with Crippen molar-refractivity contribution in [2.75, 3.05) is 32.8 Å². The molecule has 2 aromatic carbocycles. The SMILES string of the molecule is Cc1ccc(OCC(=O)N2CCN(S(=O)(=O)c3ccccc3Br)CC2)c(C)c1. The average molecular weight is 467 g/mol. The summed E-state index contributed by atoms with van der Waals surface area (Å²) in [5, 5.41) is 0. The maximum atomic E-state index is 12.8. The van der Waals surface area contributed by atoms with E-state index in [1.54, 1.807) is 29.2 Å². The molecule has 1 fully saturated rings. The molecule has 1 saturated heterocycles. The van der Waals surface area contributed by atoms with E-state index in [0.717, 1.165) is 11.1 Å². The molecule has 1 aliphatic heterocycles. The highest BCUT2D eigenvalue weighted by Gasteiger charge is 2.31. The molecule has 8 heteroatoms. The molecule has 0 aromatic heterocycles. The van der Waals surface area contributed by atoms with Crippen LogP contribution in [0.1, 0.15) is 11.1 Å². The lowest BCUT2D eigenvalue weighted by molar-refractivity contribution is -0.134. The molecule has 2 aromatic rings. The maximum Gasteiger partial charge on any atom is 0.260 e. The monoisotopic (exact) mass is 466 g/mol.